The van der Waals surface area contributed by atoms with Crippen LogP contribution in [0.25, 0.3) is 6.08 Å². The zero-order valence-corrected chi connectivity index (χ0v) is 13.3. The Morgan fingerprint density at radius 1 is 1.18 bits per heavy atom. The van der Waals surface area contributed by atoms with E-state index in [1.807, 2.05) is 36.6 Å². The molecule has 4 heteroatoms. The van der Waals surface area contributed by atoms with Crippen molar-refractivity contribution in [1.82, 2.24) is 0 Å². The van der Waals surface area contributed by atoms with Crippen LogP contribution in [0.2, 0.25) is 0 Å². The van der Waals surface area contributed by atoms with E-state index in [1.165, 1.54) is 4.90 Å². The van der Waals surface area contributed by atoms with E-state index in [1.54, 1.807) is 37.1 Å². The highest BCUT2D eigenvalue weighted by atomic mass is 32.2. The van der Waals surface area contributed by atoms with Gasteiger partial charge in [0.2, 0.25) is 0 Å². The lowest BCUT2D eigenvalue weighted by molar-refractivity contribution is 0.100. The van der Waals surface area contributed by atoms with Crippen molar-refractivity contribution in [3.05, 3.63) is 59.2 Å². The molecule has 0 saturated carbocycles. The fourth-order valence-corrected chi connectivity index (χ4v) is 2.75. The van der Waals surface area contributed by atoms with Crippen LogP contribution in [0.4, 0.5) is 0 Å². The topological polar surface area (TPSA) is 35.5 Å². The molecule has 0 amide bonds. The molecule has 0 atom stereocenters. The second-order valence-corrected chi connectivity index (χ2v) is 5.80. The second kappa shape index (κ2) is 6.28. The molecule has 1 heterocycles. The van der Waals surface area contributed by atoms with E-state index in [0.29, 0.717) is 29.2 Å². The van der Waals surface area contributed by atoms with E-state index >= 15 is 0 Å². The molecule has 0 unspecified atom stereocenters. The van der Waals surface area contributed by atoms with E-state index in [9.17, 15) is 4.79 Å². The second-order valence-electron chi connectivity index (χ2n) is 4.92. The van der Waals surface area contributed by atoms with Crippen molar-refractivity contribution < 1.29 is 14.3 Å². The molecule has 2 aromatic rings. The number of thioether (sulfide) groups is 1. The van der Waals surface area contributed by atoms with Gasteiger partial charge in [-0.05, 0) is 48.2 Å². The lowest BCUT2D eigenvalue weighted by Gasteiger charge is -2.19. The molecular weight excluding hydrogens is 296 g/mol. The zero-order valence-electron chi connectivity index (χ0n) is 12.5. The molecule has 22 heavy (non-hydrogen) atoms. The van der Waals surface area contributed by atoms with Gasteiger partial charge in [-0.25, -0.2) is 0 Å². The Hall–Kier alpha value is -2.20. The first kappa shape index (κ1) is 14.7. The summed E-state index contributed by atoms with van der Waals surface area (Å²) in [7, 11) is 1.58. The summed E-state index contributed by atoms with van der Waals surface area (Å²) in [4.78, 5) is 13.8. The van der Waals surface area contributed by atoms with Crippen molar-refractivity contribution in [2.45, 2.75) is 4.90 Å². The first-order chi connectivity index (χ1) is 10.7. The number of hydrogen-bond acceptors (Lipinski definition) is 4. The van der Waals surface area contributed by atoms with E-state index in [4.69, 9.17) is 9.47 Å². The summed E-state index contributed by atoms with van der Waals surface area (Å²) in [6, 6.07) is 13.4. The Morgan fingerprint density at radius 2 is 1.95 bits per heavy atom. The van der Waals surface area contributed by atoms with E-state index in [2.05, 4.69) is 0 Å². The Bertz CT molecular complexity index is 732. The van der Waals surface area contributed by atoms with Crippen molar-refractivity contribution in [2.24, 2.45) is 0 Å². The number of carbonyl (C=O) groups excluding carboxylic acids is 1. The predicted octanol–water partition coefficient (Wildman–Crippen LogP) is 4.08. The number of Topliss-reactive ketones (excluding diaryl/α,β-unsaturated/α-hetero) is 1. The van der Waals surface area contributed by atoms with Gasteiger partial charge in [0, 0.05) is 10.5 Å². The van der Waals surface area contributed by atoms with Crippen molar-refractivity contribution in [3.63, 3.8) is 0 Å². The number of ether oxygens (including phenoxy) is 2. The number of methoxy groups -OCH3 is 1. The van der Waals surface area contributed by atoms with Crippen molar-refractivity contribution >= 4 is 23.6 Å². The number of fused-ring (bicyclic) bond motifs is 1. The van der Waals surface area contributed by atoms with Gasteiger partial charge in [-0.3, -0.25) is 4.79 Å². The molecular formula is C18H16O3S. The van der Waals surface area contributed by atoms with Gasteiger partial charge < -0.3 is 9.47 Å². The summed E-state index contributed by atoms with van der Waals surface area (Å²) in [5, 5.41) is 0. The highest BCUT2D eigenvalue weighted by molar-refractivity contribution is 7.98. The summed E-state index contributed by atoms with van der Waals surface area (Å²) in [5.41, 5.74) is 2.20. The standard InChI is InChI=1S/C18H16O3S/c1-20-14-5-8-17-16(10-14)18(19)13(11-21-17)9-12-3-6-15(22-2)7-4-12/h3-10H,11H2,1-2H3/b13-9+. The summed E-state index contributed by atoms with van der Waals surface area (Å²) in [5.74, 6) is 1.26. The maximum absolute atomic E-state index is 12.6. The van der Waals surface area contributed by atoms with Crippen LogP contribution >= 0.6 is 11.8 Å². The molecule has 3 nitrogen and oxygen atoms in total. The van der Waals surface area contributed by atoms with Gasteiger partial charge in [0.25, 0.3) is 0 Å². The molecule has 0 bridgehead atoms. The number of ketones is 1. The number of hydrogen-bond donors (Lipinski definition) is 0. The van der Waals surface area contributed by atoms with Crippen LogP contribution in [0.1, 0.15) is 15.9 Å². The summed E-state index contributed by atoms with van der Waals surface area (Å²) >= 11 is 1.69. The largest absolute Gasteiger partial charge is 0.497 e. The quantitative estimate of drug-likeness (QED) is 0.632. The average Bonchev–Trinajstić information content (AvgIpc) is 2.58. The third-order valence-electron chi connectivity index (χ3n) is 3.56. The molecule has 2 aromatic carbocycles. The SMILES string of the molecule is COc1ccc2c(c1)C(=O)/C(=C/c1ccc(SC)cc1)CO2. The summed E-state index contributed by atoms with van der Waals surface area (Å²) in [6.45, 7) is 0.294. The van der Waals surface area contributed by atoms with Crippen LogP contribution in [0.3, 0.4) is 0 Å². The van der Waals surface area contributed by atoms with Gasteiger partial charge in [0.05, 0.1) is 12.7 Å². The minimum absolute atomic E-state index is 0.00547. The van der Waals surface area contributed by atoms with Crippen molar-refractivity contribution in [1.29, 1.82) is 0 Å². The van der Waals surface area contributed by atoms with Gasteiger partial charge in [0.1, 0.15) is 18.1 Å². The fourth-order valence-electron chi connectivity index (χ4n) is 2.34. The molecule has 0 N–H and O–H groups in total. The van der Waals surface area contributed by atoms with Crippen LogP contribution in [0, 0.1) is 0 Å². The molecule has 0 saturated heterocycles. The maximum Gasteiger partial charge on any atom is 0.196 e. The van der Waals surface area contributed by atoms with Crippen molar-refractivity contribution in [3.8, 4) is 11.5 Å². The lowest BCUT2D eigenvalue weighted by Crippen LogP contribution is -2.19. The zero-order chi connectivity index (χ0) is 15.5. The molecule has 3 rings (SSSR count). The van der Waals surface area contributed by atoms with Gasteiger partial charge in [-0.1, -0.05) is 12.1 Å². The van der Waals surface area contributed by atoms with Crippen LogP contribution < -0.4 is 9.47 Å². The minimum atomic E-state index is -0.00547. The monoisotopic (exact) mass is 312 g/mol. The number of benzene rings is 2. The van der Waals surface area contributed by atoms with Crippen LogP contribution in [0.5, 0.6) is 11.5 Å². The van der Waals surface area contributed by atoms with Gasteiger partial charge in [-0.2, -0.15) is 0 Å². The minimum Gasteiger partial charge on any atom is -0.497 e. The van der Waals surface area contributed by atoms with Crippen LogP contribution in [-0.2, 0) is 0 Å². The molecule has 0 radical (unpaired) electrons. The molecule has 112 valence electrons. The van der Waals surface area contributed by atoms with E-state index < -0.39 is 0 Å². The molecule has 0 aromatic heterocycles. The number of rotatable bonds is 3. The van der Waals surface area contributed by atoms with Gasteiger partial charge >= 0.3 is 0 Å². The molecule has 1 aliphatic heterocycles. The Balaban J connectivity index is 1.92. The first-order valence-corrected chi connectivity index (χ1v) is 8.14. The van der Waals surface area contributed by atoms with Gasteiger partial charge in [-0.15, -0.1) is 11.8 Å². The molecule has 1 aliphatic rings. The Labute approximate surface area is 133 Å². The predicted molar refractivity (Wildman–Crippen MR) is 89.0 cm³/mol. The lowest BCUT2D eigenvalue weighted by atomic mass is 9.98. The first-order valence-electron chi connectivity index (χ1n) is 6.91. The van der Waals surface area contributed by atoms with Crippen LogP contribution in [-0.4, -0.2) is 25.8 Å². The Kier molecular flexibility index (Phi) is 4.20. The summed E-state index contributed by atoms with van der Waals surface area (Å²) in [6.07, 6.45) is 3.92. The summed E-state index contributed by atoms with van der Waals surface area (Å²) < 4.78 is 10.9. The van der Waals surface area contributed by atoms with Crippen molar-refractivity contribution in [2.75, 3.05) is 20.0 Å². The smallest absolute Gasteiger partial charge is 0.196 e. The molecule has 0 aliphatic carbocycles. The molecule has 0 fully saturated rings. The average molecular weight is 312 g/mol. The Morgan fingerprint density at radius 3 is 2.64 bits per heavy atom. The molecule has 0 spiro atoms. The highest BCUT2D eigenvalue weighted by Gasteiger charge is 2.23. The third-order valence-corrected chi connectivity index (χ3v) is 4.31. The van der Waals surface area contributed by atoms with Crippen LogP contribution in [0.15, 0.2) is 52.9 Å². The fraction of sp³-hybridized carbons (Fsp3) is 0.167. The number of carbonyl (C=O) groups is 1. The third kappa shape index (κ3) is 2.88. The highest BCUT2D eigenvalue weighted by Crippen LogP contribution is 2.31. The van der Waals surface area contributed by atoms with E-state index in [-0.39, 0.29) is 5.78 Å². The normalized spacial score (nSPS) is 15.4. The van der Waals surface area contributed by atoms with Gasteiger partial charge in [0.15, 0.2) is 5.78 Å². The van der Waals surface area contributed by atoms with E-state index in [0.717, 1.165) is 5.56 Å². The maximum atomic E-state index is 12.6.